The Balaban J connectivity index is 1.75. The molecule has 0 aromatic heterocycles. The lowest BCUT2D eigenvalue weighted by molar-refractivity contribution is -0.132. The summed E-state index contributed by atoms with van der Waals surface area (Å²) in [4.78, 5) is 18.5. The molecule has 1 aromatic rings. The van der Waals surface area contributed by atoms with Crippen LogP contribution < -0.4 is 11.1 Å². The SMILES string of the molecule is CC(C)(C)NC(N)=NCCCC(=O)N1CCc2ccccc2C1. The van der Waals surface area contributed by atoms with Crippen LogP contribution in [0.4, 0.5) is 0 Å². The van der Waals surface area contributed by atoms with Gasteiger partial charge in [-0.05, 0) is 44.7 Å². The molecule has 0 unspecified atom stereocenters. The van der Waals surface area contributed by atoms with Gasteiger partial charge < -0.3 is 16.0 Å². The maximum Gasteiger partial charge on any atom is 0.222 e. The molecule has 0 radical (unpaired) electrons. The normalized spacial score (nSPS) is 15.3. The van der Waals surface area contributed by atoms with Gasteiger partial charge in [-0.3, -0.25) is 9.79 Å². The Kier molecular flexibility index (Phi) is 5.64. The van der Waals surface area contributed by atoms with Gasteiger partial charge in [0.25, 0.3) is 0 Å². The molecule has 0 saturated carbocycles. The fourth-order valence-electron chi connectivity index (χ4n) is 2.72. The molecule has 5 heteroatoms. The predicted molar refractivity (Wildman–Crippen MR) is 94.2 cm³/mol. The number of benzene rings is 1. The zero-order chi connectivity index (χ0) is 16.9. The number of nitrogens with two attached hydrogens (primary N) is 1. The van der Waals surface area contributed by atoms with E-state index in [4.69, 9.17) is 5.73 Å². The number of nitrogens with one attached hydrogen (secondary N) is 1. The van der Waals surface area contributed by atoms with Gasteiger partial charge in [0, 0.05) is 31.6 Å². The van der Waals surface area contributed by atoms with Crippen molar-refractivity contribution in [3.8, 4) is 0 Å². The highest BCUT2D eigenvalue weighted by Gasteiger charge is 2.19. The molecular formula is C18H28N4O. The molecule has 1 aliphatic rings. The van der Waals surface area contributed by atoms with Crippen LogP contribution in [0.5, 0.6) is 0 Å². The number of carbonyl (C=O) groups is 1. The Morgan fingerprint density at radius 1 is 1.30 bits per heavy atom. The largest absolute Gasteiger partial charge is 0.370 e. The average molecular weight is 316 g/mol. The standard InChI is InChI=1S/C18H28N4O/c1-18(2,3)21-17(19)20-11-6-9-16(23)22-12-10-14-7-4-5-8-15(14)13-22/h4-5,7-8H,6,9-13H2,1-3H3,(H3,19,20,21). The molecule has 0 fully saturated rings. The topological polar surface area (TPSA) is 70.7 Å². The van der Waals surface area contributed by atoms with Gasteiger partial charge in [0.2, 0.25) is 5.91 Å². The van der Waals surface area contributed by atoms with E-state index in [1.165, 1.54) is 11.1 Å². The van der Waals surface area contributed by atoms with Gasteiger partial charge in [-0.25, -0.2) is 0 Å². The monoisotopic (exact) mass is 316 g/mol. The summed E-state index contributed by atoms with van der Waals surface area (Å²) < 4.78 is 0. The number of hydrogen-bond acceptors (Lipinski definition) is 2. The summed E-state index contributed by atoms with van der Waals surface area (Å²) in [6.45, 7) is 8.22. The van der Waals surface area contributed by atoms with E-state index in [1.54, 1.807) is 0 Å². The summed E-state index contributed by atoms with van der Waals surface area (Å²) in [7, 11) is 0. The van der Waals surface area contributed by atoms with E-state index in [0.29, 0.717) is 18.9 Å². The zero-order valence-corrected chi connectivity index (χ0v) is 14.4. The molecule has 2 rings (SSSR count). The first-order valence-corrected chi connectivity index (χ1v) is 8.28. The van der Waals surface area contributed by atoms with Gasteiger partial charge >= 0.3 is 0 Å². The van der Waals surface area contributed by atoms with E-state index in [1.807, 2.05) is 31.7 Å². The van der Waals surface area contributed by atoms with E-state index >= 15 is 0 Å². The number of fused-ring (bicyclic) bond motifs is 1. The molecule has 0 aliphatic carbocycles. The van der Waals surface area contributed by atoms with Crippen LogP contribution in [0.1, 0.15) is 44.7 Å². The molecule has 3 N–H and O–H groups in total. The second-order valence-corrected chi connectivity index (χ2v) is 7.08. The Labute approximate surface area is 139 Å². The lowest BCUT2D eigenvalue weighted by atomic mass is 9.99. The van der Waals surface area contributed by atoms with Crippen molar-refractivity contribution in [3.05, 3.63) is 35.4 Å². The zero-order valence-electron chi connectivity index (χ0n) is 14.4. The summed E-state index contributed by atoms with van der Waals surface area (Å²) in [6, 6.07) is 8.35. The van der Waals surface area contributed by atoms with Crippen molar-refractivity contribution in [3.63, 3.8) is 0 Å². The molecule has 23 heavy (non-hydrogen) atoms. The Morgan fingerprint density at radius 2 is 2.00 bits per heavy atom. The van der Waals surface area contributed by atoms with E-state index in [-0.39, 0.29) is 11.4 Å². The molecule has 1 aliphatic heterocycles. The molecule has 1 aromatic carbocycles. The third-order valence-electron chi connectivity index (χ3n) is 3.82. The van der Waals surface area contributed by atoms with Crippen molar-refractivity contribution in [2.45, 2.75) is 52.1 Å². The van der Waals surface area contributed by atoms with Crippen LogP contribution in [0.3, 0.4) is 0 Å². The molecule has 0 spiro atoms. The van der Waals surface area contributed by atoms with E-state index in [0.717, 1.165) is 25.9 Å². The number of aliphatic imine (C=N–C) groups is 1. The van der Waals surface area contributed by atoms with Crippen LogP contribution in [0, 0.1) is 0 Å². The summed E-state index contributed by atoms with van der Waals surface area (Å²) in [5, 5.41) is 3.11. The van der Waals surface area contributed by atoms with E-state index in [9.17, 15) is 4.79 Å². The highest BCUT2D eigenvalue weighted by Crippen LogP contribution is 2.19. The molecule has 1 amide bonds. The molecule has 0 atom stereocenters. The van der Waals surface area contributed by atoms with Gasteiger partial charge in [-0.1, -0.05) is 24.3 Å². The van der Waals surface area contributed by atoms with Gasteiger partial charge in [0.1, 0.15) is 0 Å². The first-order valence-electron chi connectivity index (χ1n) is 8.28. The van der Waals surface area contributed by atoms with Crippen molar-refractivity contribution in [2.24, 2.45) is 10.7 Å². The van der Waals surface area contributed by atoms with Crippen LogP contribution >= 0.6 is 0 Å². The lowest BCUT2D eigenvalue weighted by Gasteiger charge is -2.29. The number of rotatable bonds is 4. The van der Waals surface area contributed by atoms with Crippen molar-refractivity contribution in [2.75, 3.05) is 13.1 Å². The summed E-state index contributed by atoms with van der Waals surface area (Å²) in [5.41, 5.74) is 8.35. The Morgan fingerprint density at radius 3 is 2.70 bits per heavy atom. The van der Waals surface area contributed by atoms with Crippen molar-refractivity contribution in [1.29, 1.82) is 0 Å². The third-order valence-corrected chi connectivity index (χ3v) is 3.82. The summed E-state index contributed by atoms with van der Waals surface area (Å²) in [6.07, 6.45) is 2.19. The summed E-state index contributed by atoms with van der Waals surface area (Å²) in [5.74, 6) is 0.647. The van der Waals surface area contributed by atoms with Crippen molar-refractivity contribution >= 4 is 11.9 Å². The lowest BCUT2D eigenvalue weighted by Crippen LogP contribution is -2.45. The number of guanidine groups is 1. The van der Waals surface area contributed by atoms with Crippen molar-refractivity contribution < 1.29 is 4.79 Å². The third kappa shape index (κ3) is 5.58. The second-order valence-electron chi connectivity index (χ2n) is 7.08. The minimum Gasteiger partial charge on any atom is -0.370 e. The second kappa shape index (κ2) is 7.49. The Hall–Kier alpha value is -2.04. The van der Waals surface area contributed by atoms with Crippen LogP contribution in [0.15, 0.2) is 29.3 Å². The predicted octanol–water partition coefficient (Wildman–Crippen LogP) is 2.05. The number of amides is 1. The minimum absolute atomic E-state index is 0.0927. The quantitative estimate of drug-likeness (QED) is 0.507. The van der Waals surface area contributed by atoms with Crippen LogP contribution in [-0.2, 0) is 17.8 Å². The maximum atomic E-state index is 12.3. The Bertz CT molecular complexity index is 575. The highest BCUT2D eigenvalue weighted by atomic mass is 16.2. The fourth-order valence-corrected chi connectivity index (χ4v) is 2.72. The summed E-state index contributed by atoms with van der Waals surface area (Å²) >= 11 is 0. The number of nitrogens with zero attached hydrogens (tertiary/aromatic N) is 2. The fraction of sp³-hybridized carbons (Fsp3) is 0.556. The van der Waals surface area contributed by atoms with Crippen molar-refractivity contribution in [1.82, 2.24) is 10.2 Å². The van der Waals surface area contributed by atoms with Gasteiger partial charge in [-0.2, -0.15) is 0 Å². The highest BCUT2D eigenvalue weighted by molar-refractivity contribution is 5.79. The van der Waals surface area contributed by atoms with Gasteiger partial charge in [0.15, 0.2) is 5.96 Å². The maximum absolute atomic E-state index is 12.3. The number of hydrogen-bond donors (Lipinski definition) is 2. The van der Waals surface area contributed by atoms with E-state index in [2.05, 4.69) is 28.5 Å². The van der Waals surface area contributed by atoms with Gasteiger partial charge in [0.05, 0.1) is 0 Å². The van der Waals surface area contributed by atoms with Crippen LogP contribution in [0.2, 0.25) is 0 Å². The van der Waals surface area contributed by atoms with Gasteiger partial charge in [-0.15, -0.1) is 0 Å². The average Bonchev–Trinajstić information content (AvgIpc) is 2.49. The minimum atomic E-state index is -0.0927. The smallest absolute Gasteiger partial charge is 0.222 e. The van der Waals surface area contributed by atoms with E-state index < -0.39 is 0 Å². The first kappa shape index (κ1) is 17.3. The molecule has 126 valence electrons. The van der Waals surface area contributed by atoms with Crippen LogP contribution in [-0.4, -0.2) is 35.4 Å². The molecular weight excluding hydrogens is 288 g/mol. The number of carbonyl (C=O) groups excluding carboxylic acids is 1. The molecule has 1 heterocycles. The first-order chi connectivity index (χ1) is 10.8. The van der Waals surface area contributed by atoms with Crippen LogP contribution in [0.25, 0.3) is 0 Å². The molecule has 0 saturated heterocycles. The molecule has 5 nitrogen and oxygen atoms in total. The molecule has 0 bridgehead atoms.